The Balaban J connectivity index is 2.11. The average Bonchev–Trinajstić information content (AvgIpc) is 2.37. The van der Waals surface area contributed by atoms with E-state index in [2.05, 4.69) is 6.92 Å². The standard InChI is InChI=1S/C15H26O3/c1-3-4-5-8-13(17-2)9-6-10-14-11-7-12-15(16)18-14/h7,12-14H,3-6,8-11H2,1-2H3/t13-,14+/m0/s1. The monoisotopic (exact) mass is 254 g/mol. The second-order valence-corrected chi connectivity index (χ2v) is 4.98. The summed E-state index contributed by atoms with van der Waals surface area (Å²) in [6.45, 7) is 2.22. The van der Waals surface area contributed by atoms with Crippen LogP contribution in [0.25, 0.3) is 0 Å². The molecule has 0 bridgehead atoms. The van der Waals surface area contributed by atoms with Crippen LogP contribution in [0.4, 0.5) is 0 Å². The summed E-state index contributed by atoms with van der Waals surface area (Å²) in [6.07, 6.45) is 12.7. The van der Waals surface area contributed by atoms with Crippen LogP contribution in [-0.4, -0.2) is 25.3 Å². The molecule has 0 spiro atoms. The van der Waals surface area contributed by atoms with Gasteiger partial charge in [-0.3, -0.25) is 0 Å². The van der Waals surface area contributed by atoms with Gasteiger partial charge in [-0.1, -0.05) is 32.3 Å². The first kappa shape index (κ1) is 15.2. The highest BCUT2D eigenvalue weighted by molar-refractivity contribution is 5.82. The van der Waals surface area contributed by atoms with Crippen molar-refractivity contribution in [2.45, 2.75) is 70.5 Å². The van der Waals surface area contributed by atoms with Crippen molar-refractivity contribution in [3.05, 3.63) is 12.2 Å². The third-order valence-electron chi connectivity index (χ3n) is 3.45. The smallest absolute Gasteiger partial charge is 0.330 e. The maximum Gasteiger partial charge on any atom is 0.330 e. The lowest BCUT2D eigenvalue weighted by Gasteiger charge is -2.20. The molecule has 1 rings (SSSR count). The summed E-state index contributed by atoms with van der Waals surface area (Å²) in [5.74, 6) is -0.197. The van der Waals surface area contributed by atoms with Crippen molar-refractivity contribution in [2.24, 2.45) is 0 Å². The minimum atomic E-state index is -0.197. The van der Waals surface area contributed by atoms with Gasteiger partial charge < -0.3 is 9.47 Å². The number of esters is 1. The van der Waals surface area contributed by atoms with Gasteiger partial charge in [0.25, 0.3) is 0 Å². The molecule has 0 saturated carbocycles. The van der Waals surface area contributed by atoms with Crippen LogP contribution in [0, 0.1) is 0 Å². The van der Waals surface area contributed by atoms with E-state index in [0.717, 1.165) is 32.1 Å². The average molecular weight is 254 g/mol. The number of methoxy groups -OCH3 is 1. The minimum Gasteiger partial charge on any atom is -0.459 e. The summed E-state index contributed by atoms with van der Waals surface area (Å²) in [4.78, 5) is 11.1. The fraction of sp³-hybridized carbons (Fsp3) is 0.800. The number of unbranched alkanes of at least 4 members (excludes halogenated alkanes) is 2. The van der Waals surface area contributed by atoms with E-state index >= 15 is 0 Å². The van der Waals surface area contributed by atoms with Crippen molar-refractivity contribution in [1.29, 1.82) is 0 Å². The van der Waals surface area contributed by atoms with Crippen LogP contribution in [0.1, 0.15) is 58.3 Å². The van der Waals surface area contributed by atoms with Gasteiger partial charge in [0, 0.05) is 19.6 Å². The normalized spacial score (nSPS) is 20.8. The maximum atomic E-state index is 11.1. The first-order valence-corrected chi connectivity index (χ1v) is 7.16. The zero-order valence-electron chi connectivity index (χ0n) is 11.7. The molecular formula is C15H26O3. The molecule has 0 aliphatic carbocycles. The molecule has 104 valence electrons. The van der Waals surface area contributed by atoms with Crippen molar-refractivity contribution in [2.75, 3.05) is 7.11 Å². The molecule has 18 heavy (non-hydrogen) atoms. The lowest BCUT2D eigenvalue weighted by molar-refractivity contribution is -0.144. The summed E-state index contributed by atoms with van der Waals surface area (Å²) in [6, 6.07) is 0. The number of rotatable bonds is 9. The third kappa shape index (κ3) is 6.20. The van der Waals surface area contributed by atoms with Gasteiger partial charge in [-0.25, -0.2) is 4.79 Å². The largest absolute Gasteiger partial charge is 0.459 e. The van der Waals surface area contributed by atoms with Gasteiger partial charge in [0.15, 0.2) is 0 Å². The van der Waals surface area contributed by atoms with Gasteiger partial charge >= 0.3 is 5.97 Å². The van der Waals surface area contributed by atoms with Gasteiger partial charge in [0.1, 0.15) is 6.10 Å². The molecule has 0 unspecified atom stereocenters. The summed E-state index contributed by atoms with van der Waals surface area (Å²) in [7, 11) is 1.79. The molecule has 1 aliphatic heterocycles. The van der Waals surface area contributed by atoms with Crippen LogP contribution in [0.5, 0.6) is 0 Å². The summed E-state index contributed by atoms with van der Waals surface area (Å²) in [5.41, 5.74) is 0. The zero-order chi connectivity index (χ0) is 13.2. The molecule has 2 atom stereocenters. The van der Waals surface area contributed by atoms with Gasteiger partial charge in [0.2, 0.25) is 0 Å². The highest BCUT2D eigenvalue weighted by atomic mass is 16.5. The number of carbonyl (C=O) groups excluding carboxylic acids is 1. The highest BCUT2D eigenvalue weighted by Crippen LogP contribution is 2.17. The van der Waals surface area contributed by atoms with Gasteiger partial charge in [0.05, 0.1) is 6.10 Å². The number of carbonyl (C=O) groups is 1. The molecule has 0 amide bonds. The zero-order valence-corrected chi connectivity index (χ0v) is 11.7. The van der Waals surface area contributed by atoms with Crippen LogP contribution in [-0.2, 0) is 14.3 Å². The van der Waals surface area contributed by atoms with Gasteiger partial charge in [-0.15, -0.1) is 0 Å². The maximum absolute atomic E-state index is 11.1. The van der Waals surface area contributed by atoms with E-state index in [1.807, 2.05) is 6.08 Å². The van der Waals surface area contributed by atoms with Crippen molar-refractivity contribution in [3.63, 3.8) is 0 Å². The van der Waals surface area contributed by atoms with Gasteiger partial charge in [-0.2, -0.15) is 0 Å². The summed E-state index contributed by atoms with van der Waals surface area (Å²) < 4.78 is 10.7. The molecule has 1 aliphatic rings. The van der Waals surface area contributed by atoms with E-state index in [9.17, 15) is 4.79 Å². The predicted molar refractivity (Wildman–Crippen MR) is 72.4 cm³/mol. The van der Waals surface area contributed by atoms with Crippen LogP contribution in [0.15, 0.2) is 12.2 Å². The molecule has 3 nitrogen and oxygen atoms in total. The molecule has 0 aromatic carbocycles. The summed E-state index contributed by atoms with van der Waals surface area (Å²) in [5, 5.41) is 0. The Bertz CT molecular complexity index is 260. The van der Waals surface area contributed by atoms with Crippen LogP contribution in [0.2, 0.25) is 0 Å². The fourth-order valence-corrected chi connectivity index (χ4v) is 2.32. The van der Waals surface area contributed by atoms with Crippen molar-refractivity contribution >= 4 is 5.97 Å². The molecule has 0 radical (unpaired) electrons. The highest BCUT2D eigenvalue weighted by Gasteiger charge is 2.16. The third-order valence-corrected chi connectivity index (χ3v) is 3.45. The Morgan fingerprint density at radius 3 is 2.83 bits per heavy atom. The number of hydrogen-bond donors (Lipinski definition) is 0. The van der Waals surface area contributed by atoms with Crippen LogP contribution in [0.3, 0.4) is 0 Å². The summed E-state index contributed by atoms with van der Waals surface area (Å²) >= 11 is 0. The van der Waals surface area contributed by atoms with E-state index in [0.29, 0.717) is 6.10 Å². The van der Waals surface area contributed by atoms with Crippen molar-refractivity contribution in [3.8, 4) is 0 Å². The second kappa shape index (κ2) is 9.15. The molecule has 0 saturated heterocycles. The number of hydrogen-bond acceptors (Lipinski definition) is 3. The van der Waals surface area contributed by atoms with E-state index in [1.54, 1.807) is 7.11 Å². The quantitative estimate of drug-likeness (QED) is 0.465. The molecule has 0 aromatic rings. The Morgan fingerprint density at radius 1 is 1.39 bits per heavy atom. The van der Waals surface area contributed by atoms with E-state index < -0.39 is 0 Å². The van der Waals surface area contributed by atoms with Gasteiger partial charge in [-0.05, 0) is 25.7 Å². The van der Waals surface area contributed by atoms with Crippen LogP contribution < -0.4 is 0 Å². The predicted octanol–water partition coefficient (Wildman–Crippen LogP) is 3.62. The topological polar surface area (TPSA) is 35.5 Å². The first-order valence-electron chi connectivity index (χ1n) is 7.16. The lowest BCUT2D eigenvalue weighted by atomic mass is 10.0. The van der Waals surface area contributed by atoms with E-state index in [-0.39, 0.29) is 12.1 Å². The Kier molecular flexibility index (Phi) is 7.74. The van der Waals surface area contributed by atoms with E-state index in [1.165, 1.54) is 25.3 Å². The molecule has 1 heterocycles. The second-order valence-electron chi connectivity index (χ2n) is 4.98. The molecule has 0 N–H and O–H groups in total. The fourth-order valence-electron chi connectivity index (χ4n) is 2.32. The van der Waals surface area contributed by atoms with Crippen molar-refractivity contribution in [1.82, 2.24) is 0 Å². The molecule has 3 heteroatoms. The van der Waals surface area contributed by atoms with E-state index in [4.69, 9.17) is 9.47 Å². The number of ether oxygens (including phenoxy) is 2. The Labute approximate surface area is 111 Å². The number of cyclic esters (lactones) is 1. The Morgan fingerprint density at radius 2 is 2.17 bits per heavy atom. The SMILES string of the molecule is CCCCC[C@@H](CCC[C@@H]1CC=CC(=O)O1)OC. The molecule has 0 fully saturated rings. The minimum absolute atomic E-state index is 0.0793. The molecule has 0 aromatic heterocycles. The van der Waals surface area contributed by atoms with Crippen molar-refractivity contribution < 1.29 is 14.3 Å². The Hall–Kier alpha value is -0.830. The van der Waals surface area contributed by atoms with Crippen LogP contribution >= 0.6 is 0 Å². The first-order chi connectivity index (χ1) is 8.76. The molecular weight excluding hydrogens is 228 g/mol. The lowest BCUT2D eigenvalue weighted by Crippen LogP contribution is -2.20.